The van der Waals surface area contributed by atoms with Crippen LogP contribution in [0.3, 0.4) is 0 Å². The van der Waals surface area contributed by atoms with Gasteiger partial charge in [0.25, 0.3) is 11.5 Å². The number of thiazole rings is 1. The Morgan fingerprint density at radius 2 is 1.97 bits per heavy atom. The first-order chi connectivity index (χ1) is 14.8. The molecule has 158 valence electrons. The molecule has 31 heavy (non-hydrogen) atoms. The average molecular weight is 476 g/mol. The molecule has 2 aromatic heterocycles. The number of amides is 1. The van der Waals surface area contributed by atoms with E-state index in [0.29, 0.717) is 31.3 Å². The van der Waals surface area contributed by atoms with Crippen LogP contribution in [0.1, 0.15) is 20.0 Å². The van der Waals surface area contributed by atoms with Crippen LogP contribution < -0.4 is 15.6 Å². The van der Waals surface area contributed by atoms with E-state index in [1.54, 1.807) is 22.6 Å². The summed E-state index contributed by atoms with van der Waals surface area (Å²) in [6.45, 7) is 0. The fourth-order valence-corrected chi connectivity index (χ4v) is 4.59. The summed E-state index contributed by atoms with van der Waals surface area (Å²) in [5.74, 6) is -0.632. The highest BCUT2D eigenvalue weighted by molar-refractivity contribution is 7.73. The van der Waals surface area contributed by atoms with E-state index in [1.807, 2.05) is 0 Å². The van der Waals surface area contributed by atoms with Gasteiger partial charge in [-0.2, -0.15) is 0 Å². The molecule has 4 aromatic rings. The number of hydrogen-bond acceptors (Lipinski definition) is 7. The summed E-state index contributed by atoms with van der Waals surface area (Å²) in [4.78, 5) is 40.5. The molecule has 0 unspecified atom stereocenters. The van der Waals surface area contributed by atoms with Gasteiger partial charge in [-0.25, -0.2) is 4.79 Å². The molecule has 2 aromatic carbocycles. The van der Waals surface area contributed by atoms with Crippen LogP contribution >= 0.6 is 35.2 Å². The minimum absolute atomic E-state index is 0.189. The number of nitrogens with zero attached hydrogens (tertiary/aromatic N) is 1. The number of H-pyrrole nitrogens is 1. The summed E-state index contributed by atoms with van der Waals surface area (Å²) in [6, 6.07) is 9.32. The Kier molecular flexibility index (Phi) is 5.52. The third-order valence-corrected chi connectivity index (χ3v) is 6.17. The third-order valence-electron chi connectivity index (χ3n) is 4.56. The van der Waals surface area contributed by atoms with E-state index in [-0.39, 0.29) is 16.1 Å². The van der Waals surface area contributed by atoms with Gasteiger partial charge in [0.1, 0.15) is 16.3 Å². The maximum Gasteiger partial charge on any atom is 0.337 e. The fourth-order valence-electron chi connectivity index (χ4n) is 3.14. The minimum Gasteiger partial charge on any atom is -0.495 e. The highest BCUT2D eigenvalue weighted by Gasteiger charge is 2.20. The van der Waals surface area contributed by atoms with Crippen molar-refractivity contribution >= 4 is 69.3 Å². The SMILES string of the molecule is COC(=O)c1ccc2c(=O)[nH]c3c(C(=O)Nc4cc(Cl)ccc4OC)sc(=S)n3c2c1. The first-order valence-electron chi connectivity index (χ1n) is 8.79. The van der Waals surface area contributed by atoms with Crippen LogP contribution in [0.15, 0.2) is 41.2 Å². The molecule has 0 atom stereocenters. The lowest BCUT2D eigenvalue weighted by Gasteiger charge is -2.10. The topological polar surface area (TPSA) is 102 Å². The van der Waals surface area contributed by atoms with Gasteiger partial charge in [-0.3, -0.25) is 14.0 Å². The number of ether oxygens (including phenoxy) is 2. The number of nitrogens with one attached hydrogen (secondary N) is 2. The lowest BCUT2D eigenvalue weighted by Crippen LogP contribution is -2.15. The molecule has 0 saturated heterocycles. The number of benzene rings is 2. The summed E-state index contributed by atoms with van der Waals surface area (Å²) < 4.78 is 11.9. The van der Waals surface area contributed by atoms with Gasteiger partial charge in [-0.05, 0) is 48.6 Å². The normalized spacial score (nSPS) is 10.9. The van der Waals surface area contributed by atoms with Crippen LogP contribution in [0.25, 0.3) is 16.6 Å². The molecule has 2 heterocycles. The Labute approximate surface area is 189 Å². The van der Waals surface area contributed by atoms with Crippen molar-refractivity contribution in [2.75, 3.05) is 19.5 Å². The molecule has 0 aliphatic rings. The molecule has 4 rings (SSSR count). The standard InChI is InChI=1S/C20H14ClN3O5S2/c1-28-14-6-4-10(21)8-12(14)22-18(26)15-16-23-17(25)11-5-3-9(19(27)29-2)7-13(11)24(16)20(30)31-15/h3-8H,1-2H3,(H,22,26)(H,23,25). The molecule has 0 bridgehead atoms. The number of fused-ring (bicyclic) bond motifs is 3. The van der Waals surface area contributed by atoms with Crippen molar-refractivity contribution in [3.8, 4) is 5.75 Å². The zero-order valence-corrected chi connectivity index (χ0v) is 18.5. The lowest BCUT2D eigenvalue weighted by atomic mass is 10.1. The Morgan fingerprint density at radius 1 is 1.19 bits per heavy atom. The van der Waals surface area contributed by atoms with Crippen LogP contribution in [0, 0.1) is 3.95 Å². The van der Waals surface area contributed by atoms with Crippen LogP contribution in [0.5, 0.6) is 5.75 Å². The predicted molar refractivity (Wildman–Crippen MR) is 122 cm³/mol. The van der Waals surface area contributed by atoms with E-state index in [9.17, 15) is 14.4 Å². The molecular weight excluding hydrogens is 462 g/mol. The lowest BCUT2D eigenvalue weighted by molar-refractivity contribution is 0.0600. The Hall–Kier alpha value is -3.21. The summed E-state index contributed by atoms with van der Waals surface area (Å²) >= 11 is 12.5. The highest BCUT2D eigenvalue weighted by atomic mass is 35.5. The number of esters is 1. The summed E-state index contributed by atoms with van der Waals surface area (Å²) in [5, 5.41) is 3.47. The molecule has 0 aliphatic heterocycles. The zero-order valence-electron chi connectivity index (χ0n) is 16.1. The van der Waals surface area contributed by atoms with Crippen molar-refractivity contribution in [2.45, 2.75) is 0 Å². The fraction of sp³-hybridized carbons (Fsp3) is 0.100. The quantitative estimate of drug-likeness (QED) is 0.337. The number of carbonyl (C=O) groups is 2. The second-order valence-electron chi connectivity index (χ2n) is 6.36. The summed E-state index contributed by atoms with van der Waals surface area (Å²) in [7, 11) is 2.74. The number of anilines is 1. The Morgan fingerprint density at radius 3 is 2.68 bits per heavy atom. The second kappa shape index (κ2) is 8.14. The predicted octanol–water partition coefficient (Wildman–Crippen LogP) is 4.27. The van der Waals surface area contributed by atoms with Gasteiger partial charge in [0.15, 0.2) is 3.95 Å². The van der Waals surface area contributed by atoms with Crippen molar-refractivity contribution in [2.24, 2.45) is 0 Å². The minimum atomic E-state index is -0.553. The summed E-state index contributed by atoms with van der Waals surface area (Å²) in [6.07, 6.45) is 0. The smallest absolute Gasteiger partial charge is 0.337 e. The molecule has 11 heteroatoms. The molecule has 8 nitrogen and oxygen atoms in total. The van der Waals surface area contributed by atoms with Crippen LogP contribution in [0.4, 0.5) is 5.69 Å². The number of aromatic nitrogens is 2. The van der Waals surface area contributed by atoms with E-state index in [0.717, 1.165) is 11.3 Å². The highest BCUT2D eigenvalue weighted by Crippen LogP contribution is 2.30. The molecule has 0 fully saturated rings. The number of carbonyl (C=O) groups excluding carboxylic acids is 2. The van der Waals surface area contributed by atoms with Crippen molar-refractivity contribution in [1.29, 1.82) is 0 Å². The van der Waals surface area contributed by atoms with E-state index in [2.05, 4.69) is 10.3 Å². The van der Waals surface area contributed by atoms with Gasteiger partial charge in [-0.15, -0.1) is 0 Å². The number of methoxy groups -OCH3 is 2. The maximum absolute atomic E-state index is 13.0. The van der Waals surface area contributed by atoms with E-state index in [1.165, 1.54) is 32.4 Å². The van der Waals surface area contributed by atoms with Crippen molar-refractivity contribution in [3.63, 3.8) is 0 Å². The first kappa shape index (κ1) is 21.0. The number of hydrogen-bond donors (Lipinski definition) is 2. The van der Waals surface area contributed by atoms with E-state index < -0.39 is 17.4 Å². The number of aromatic amines is 1. The average Bonchev–Trinajstić information content (AvgIpc) is 3.09. The van der Waals surface area contributed by atoms with Crippen LogP contribution in [0.2, 0.25) is 5.02 Å². The van der Waals surface area contributed by atoms with Gasteiger partial charge in [0, 0.05) is 5.02 Å². The molecule has 0 saturated carbocycles. The van der Waals surface area contributed by atoms with Gasteiger partial charge in [0.05, 0.1) is 36.4 Å². The van der Waals surface area contributed by atoms with Gasteiger partial charge >= 0.3 is 5.97 Å². The Balaban J connectivity index is 1.89. The summed E-state index contributed by atoms with van der Waals surface area (Å²) in [5.41, 5.74) is 0.808. The first-order valence-corrected chi connectivity index (χ1v) is 10.4. The molecule has 2 N–H and O–H groups in total. The maximum atomic E-state index is 13.0. The second-order valence-corrected chi connectivity index (χ2v) is 8.44. The number of rotatable bonds is 4. The van der Waals surface area contributed by atoms with Crippen molar-refractivity contribution in [3.05, 3.63) is 66.2 Å². The zero-order chi connectivity index (χ0) is 22.3. The third kappa shape index (κ3) is 3.69. The monoisotopic (exact) mass is 475 g/mol. The molecule has 0 radical (unpaired) electrons. The van der Waals surface area contributed by atoms with Gasteiger partial charge < -0.3 is 19.8 Å². The van der Waals surface area contributed by atoms with Crippen LogP contribution in [-0.2, 0) is 4.74 Å². The molecule has 1 amide bonds. The van der Waals surface area contributed by atoms with E-state index in [4.69, 9.17) is 33.3 Å². The van der Waals surface area contributed by atoms with E-state index >= 15 is 0 Å². The molecule has 0 spiro atoms. The van der Waals surface area contributed by atoms with Crippen molar-refractivity contribution < 1.29 is 19.1 Å². The Bertz CT molecular complexity index is 1490. The van der Waals surface area contributed by atoms with Crippen LogP contribution in [-0.4, -0.2) is 35.5 Å². The largest absolute Gasteiger partial charge is 0.495 e. The molecular formula is C20H14ClN3O5S2. The molecule has 0 aliphatic carbocycles. The number of halogens is 1. The van der Waals surface area contributed by atoms with Gasteiger partial charge in [-0.1, -0.05) is 22.9 Å². The van der Waals surface area contributed by atoms with Gasteiger partial charge in [0.2, 0.25) is 0 Å². The van der Waals surface area contributed by atoms with Crippen molar-refractivity contribution in [1.82, 2.24) is 9.38 Å².